The molecule has 6 nitrogen and oxygen atoms in total. The molecule has 0 bridgehead atoms. The Bertz CT molecular complexity index is 1530. The van der Waals surface area contributed by atoms with Crippen LogP contribution in [0.25, 0.3) is 22.1 Å². The van der Waals surface area contributed by atoms with Crippen LogP contribution in [0.1, 0.15) is 29.5 Å². The van der Waals surface area contributed by atoms with Crippen molar-refractivity contribution in [2.75, 3.05) is 0 Å². The SMILES string of the molecule is NCc1ccc(-c2cc(CC(=O)N3[C@@H]4C[C@@H]4C[C@H]3C(=O)NCc3cccc(Cl)c3F)cc3ccoc23)cc1. The molecule has 1 aliphatic heterocycles. The van der Waals surface area contributed by atoms with Gasteiger partial charge >= 0.3 is 0 Å². The highest BCUT2D eigenvalue weighted by Gasteiger charge is 2.55. The van der Waals surface area contributed by atoms with Gasteiger partial charge < -0.3 is 20.4 Å². The Morgan fingerprint density at radius 3 is 2.68 bits per heavy atom. The van der Waals surface area contributed by atoms with Crippen molar-refractivity contribution < 1.29 is 18.4 Å². The summed E-state index contributed by atoms with van der Waals surface area (Å²) >= 11 is 5.86. The second-order valence-electron chi connectivity index (χ2n) is 10.1. The average Bonchev–Trinajstić information content (AvgIpc) is 3.33. The van der Waals surface area contributed by atoms with Crippen LogP contribution in [0.15, 0.2) is 71.3 Å². The summed E-state index contributed by atoms with van der Waals surface area (Å²) in [5.41, 5.74) is 10.6. The maximum absolute atomic E-state index is 14.3. The number of nitrogens with one attached hydrogen (secondary N) is 1. The van der Waals surface area contributed by atoms with Crippen LogP contribution in [0.2, 0.25) is 5.02 Å². The van der Waals surface area contributed by atoms with Crippen LogP contribution in [0.4, 0.5) is 4.39 Å². The number of piperidine rings is 1. The van der Waals surface area contributed by atoms with Crippen LogP contribution in [0.3, 0.4) is 0 Å². The number of nitrogens with two attached hydrogens (primary N) is 1. The van der Waals surface area contributed by atoms with Crippen LogP contribution in [-0.2, 0) is 29.1 Å². The molecule has 194 valence electrons. The number of likely N-dealkylation sites (tertiary alicyclic amines) is 1. The largest absolute Gasteiger partial charge is 0.464 e. The van der Waals surface area contributed by atoms with Gasteiger partial charge in [0.25, 0.3) is 0 Å². The zero-order valence-corrected chi connectivity index (χ0v) is 21.4. The summed E-state index contributed by atoms with van der Waals surface area (Å²) in [5, 5.41) is 3.73. The van der Waals surface area contributed by atoms with Crippen molar-refractivity contribution in [1.82, 2.24) is 10.2 Å². The lowest BCUT2D eigenvalue weighted by molar-refractivity contribution is -0.139. The van der Waals surface area contributed by atoms with Crippen LogP contribution >= 0.6 is 11.6 Å². The quantitative estimate of drug-likeness (QED) is 0.343. The molecule has 6 rings (SSSR count). The van der Waals surface area contributed by atoms with Gasteiger partial charge in [-0.1, -0.05) is 48.0 Å². The summed E-state index contributed by atoms with van der Waals surface area (Å²) in [5.74, 6) is -0.558. The number of hydrogen-bond acceptors (Lipinski definition) is 4. The normalized spacial score (nSPS) is 20.0. The first-order chi connectivity index (χ1) is 18.4. The van der Waals surface area contributed by atoms with Crippen LogP contribution in [-0.4, -0.2) is 28.8 Å². The number of carbonyl (C=O) groups excluding carboxylic acids is 2. The molecule has 2 fully saturated rings. The molecule has 0 spiro atoms. The predicted molar refractivity (Wildman–Crippen MR) is 144 cm³/mol. The molecule has 1 saturated carbocycles. The molecule has 3 aromatic carbocycles. The standard InChI is InChI=1S/C30H27ClFN3O3/c31-24-3-1-2-21(28(24)32)16-34-30(37)26-14-22-13-25(22)35(26)27(36)12-18-10-20-8-9-38-29(20)23(11-18)19-6-4-17(15-33)5-7-19/h1-11,22,25-26H,12-16,33H2,(H,34,37)/t22-,25-,26+/m1/s1. The highest BCUT2D eigenvalue weighted by atomic mass is 35.5. The molecule has 1 aromatic heterocycles. The third-order valence-electron chi connectivity index (χ3n) is 7.65. The van der Waals surface area contributed by atoms with E-state index in [1.165, 1.54) is 6.07 Å². The van der Waals surface area contributed by atoms with Crippen molar-refractivity contribution >= 4 is 34.4 Å². The third-order valence-corrected chi connectivity index (χ3v) is 7.94. The molecule has 1 aliphatic carbocycles. The van der Waals surface area contributed by atoms with Crippen molar-refractivity contribution in [3.63, 3.8) is 0 Å². The van der Waals surface area contributed by atoms with Gasteiger partial charge in [-0.05, 0) is 59.7 Å². The van der Waals surface area contributed by atoms with Crippen molar-refractivity contribution in [3.05, 3.63) is 94.5 Å². The number of benzene rings is 3. The van der Waals surface area contributed by atoms with Gasteiger partial charge in [0.15, 0.2) is 0 Å². The van der Waals surface area contributed by atoms with E-state index in [0.29, 0.717) is 24.4 Å². The van der Waals surface area contributed by atoms with E-state index in [1.54, 1.807) is 23.3 Å². The smallest absolute Gasteiger partial charge is 0.243 e. The Labute approximate surface area is 224 Å². The Kier molecular flexibility index (Phi) is 6.41. The van der Waals surface area contributed by atoms with Crippen LogP contribution in [0.5, 0.6) is 0 Å². The van der Waals surface area contributed by atoms with E-state index >= 15 is 0 Å². The van der Waals surface area contributed by atoms with E-state index < -0.39 is 11.9 Å². The molecule has 2 amide bonds. The molecule has 2 aliphatic rings. The summed E-state index contributed by atoms with van der Waals surface area (Å²) in [6, 6.07) is 18.0. The van der Waals surface area contributed by atoms with Crippen molar-refractivity contribution in [3.8, 4) is 11.1 Å². The Balaban J connectivity index is 1.21. The number of halogens is 2. The van der Waals surface area contributed by atoms with E-state index in [2.05, 4.69) is 5.32 Å². The lowest BCUT2D eigenvalue weighted by atomic mass is 9.98. The van der Waals surface area contributed by atoms with Crippen LogP contribution < -0.4 is 11.1 Å². The number of furan rings is 1. The van der Waals surface area contributed by atoms with Gasteiger partial charge in [0.2, 0.25) is 11.8 Å². The number of hydrogen-bond donors (Lipinski definition) is 2. The number of fused-ring (bicyclic) bond motifs is 2. The van der Waals surface area contributed by atoms with Gasteiger partial charge in [-0.2, -0.15) is 0 Å². The number of nitrogens with zero attached hydrogens (tertiary/aromatic N) is 1. The molecule has 1 saturated heterocycles. The fraction of sp³-hybridized carbons (Fsp3) is 0.267. The number of amides is 2. The number of rotatable bonds is 7. The van der Waals surface area contributed by atoms with E-state index in [0.717, 1.165) is 39.6 Å². The molecule has 3 atom stereocenters. The Hall–Kier alpha value is -3.68. The summed E-state index contributed by atoms with van der Waals surface area (Å²) in [6.45, 7) is 0.480. The fourth-order valence-corrected chi connectivity index (χ4v) is 5.78. The van der Waals surface area contributed by atoms with Gasteiger partial charge in [-0.3, -0.25) is 9.59 Å². The minimum Gasteiger partial charge on any atom is -0.464 e. The lowest BCUT2D eigenvalue weighted by Gasteiger charge is -2.27. The van der Waals surface area contributed by atoms with Crippen molar-refractivity contribution in [2.45, 2.75) is 44.4 Å². The minimum absolute atomic E-state index is 0.0138. The van der Waals surface area contributed by atoms with Gasteiger partial charge in [-0.15, -0.1) is 0 Å². The highest BCUT2D eigenvalue weighted by Crippen LogP contribution is 2.48. The van der Waals surface area contributed by atoms with Gasteiger partial charge in [-0.25, -0.2) is 4.39 Å². The van der Waals surface area contributed by atoms with E-state index in [4.69, 9.17) is 21.8 Å². The molecular formula is C30H27ClFN3O3. The van der Waals surface area contributed by atoms with Gasteiger partial charge in [0.05, 0.1) is 17.7 Å². The average molecular weight is 532 g/mol. The van der Waals surface area contributed by atoms with E-state index in [-0.39, 0.29) is 35.8 Å². The maximum Gasteiger partial charge on any atom is 0.243 e. The summed E-state index contributed by atoms with van der Waals surface area (Å²) in [6.07, 6.45) is 3.36. The molecule has 0 unspecified atom stereocenters. The Morgan fingerprint density at radius 1 is 1.08 bits per heavy atom. The molecule has 3 N–H and O–H groups in total. The van der Waals surface area contributed by atoms with E-state index in [1.807, 2.05) is 42.5 Å². The maximum atomic E-state index is 14.3. The summed E-state index contributed by atoms with van der Waals surface area (Å²) in [4.78, 5) is 28.4. The highest BCUT2D eigenvalue weighted by molar-refractivity contribution is 6.30. The van der Waals surface area contributed by atoms with Gasteiger partial charge in [0.1, 0.15) is 17.4 Å². The monoisotopic (exact) mass is 531 g/mol. The third kappa shape index (κ3) is 4.57. The molecule has 2 heterocycles. The first kappa shape index (κ1) is 24.6. The number of carbonyl (C=O) groups is 2. The topological polar surface area (TPSA) is 88.6 Å². The molecule has 4 aromatic rings. The fourth-order valence-electron chi connectivity index (χ4n) is 5.58. The summed E-state index contributed by atoms with van der Waals surface area (Å²) < 4.78 is 20.0. The first-order valence-electron chi connectivity index (χ1n) is 12.7. The molecular weight excluding hydrogens is 505 g/mol. The second-order valence-corrected chi connectivity index (χ2v) is 10.5. The first-order valence-corrected chi connectivity index (χ1v) is 13.1. The molecule has 8 heteroatoms. The minimum atomic E-state index is -0.561. The predicted octanol–water partition coefficient (Wildman–Crippen LogP) is 5.20. The zero-order valence-electron chi connectivity index (χ0n) is 20.6. The molecule has 38 heavy (non-hydrogen) atoms. The summed E-state index contributed by atoms with van der Waals surface area (Å²) in [7, 11) is 0. The Morgan fingerprint density at radius 2 is 1.89 bits per heavy atom. The molecule has 0 radical (unpaired) electrons. The zero-order chi connectivity index (χ0) is 26.4. The van der Waals surface area contributed by atoms with Gasteiger partial charge in [0, 0.05) is 35.6 Å². The lowest BCUT2D eigenvalue weighted by Crippen LogP contribution is -2.48. The van der Waals surface area contributed by atoms with E-state index in [9.17, 15) is 14.0 Å². The second kappa shape index (κ2) is 9.89. The van der Waals surface area contributed by atoms with Crippen LogP contribution in [0, 0.1) is 11.7 Å². The van der Waals surface area contributed by atoms with Crippen molar-refractivity contribution in [2.24, 2.45) is 11.7 Å². The van der Waals surface area contributed by atoms with Crippen molar-refractivity contribution in [1.29, 1.82) is 0 Å².